The molecule has 4 nitrogen and oxygen atoms in total. The molecule has 0 aliphatic rings. The number of hydrogen-bond donors (Lipinski definition) is 2. The molecule has 2 N–H and O–H groups in total. The molecular formula is C15H22N2O2. The molecule has 1 rings (SSSR count). The lowest BCUT2D eigenvalue weighted by atomic mass is 10.2. The predicted molar refractivity (Wildman–Crippen MR) is 78.7 cm³/mol. The van der Waals surface area contributed by atoms with Gasteiger partial charge in [-0.05, 0) is 31.0 Å². The highest BCUT2D eigenvalue weighted by Gasteiger charge is 2.07. The summed E-state index contributed by atoms with van der Waals surface area (Å²) >= 11 is 0. The standard InChI is InChI=1S/C15H22N2O2/c1-4-8-16-11-15(18)17-13-7-6-12(3)10-14(13)19-9-5-2/h4,6-7,10,16H,1,5,8-9,11H2,2-3H3,(H,17,18). The van der Waals surface area contributed by atoms with Crippen LogP contribution in [0.25, 0.3) is 0 Å². The Bertz CT molecular complexity index is 430. The molecule has 0 radical (unpaired) electrons. The highest BCUT2D eigenvalue weighted by Crippen LogP contribution is 2.25. The number of amides is 1. The van der Waals surface area contributed by atoms with Crippen LogP contribution in [0.5, 0.6) is 5.75 Å². The molecule has 1 aromatic carbocycles. The maximum atomic E-state index is 11.7. The third-order valence-corrected chi connectivity index (χ3v) is 2.45. The third kappa shape index (κ3) is 5.57. The largest absolute Gasteiger partial charge is 0.491 e. The average molecular weight is 262 g/mol. The quantitative estimate of drug-likeness (QED) is 0.559. The van der Waals surface area contributed by atoms with Crippen molar-refractivity contribution in [2.45, 2.75) is 20.3 Å². The molecule has 0 spiro atoms. The normalized spacial score (nSPS) is 10.0. The summed E-state index contributed by atoms with van der Waals surface area (Å²) in [6.07, 6.45) is 2.65. The summed E-state index contributed by atoms with van der Waals surface area (Å²) in [4.78, 5) is 11.7. The van der Waals surface area contributed by atoms with E-state index < -0.39 is 0 Å². The zero-order chi connectivity index (χ0) is 14.1. The Morgan fingerprint density at radius 2 is 2.26 bits per heavy atom. The molecule has 0 saturated carbocycles. The van der Waals surface area contributed by atoms with Crippen LogP contribution < -0.4 is 15.4 Å². The first-order valence-corrected chi connectivity index (χ1v) is 6.52. The van der Waals surface area contributed by atoms with Crippen molar-refractivity contribution < 1.29 is 9.53 Å². The minimum absolute atomic E-state index is 0.0907. The molecule has 0 saturated heterocycles. The average Bonchev–Trinajstić information content (AvgIpc) is 2.39. The molecule has 0 heterocycles. The predicted octanol–water partition coefficient (Wildman–Crippen LogP) is 2.50. The number of rotatable bonds is 8. The van der Waals surface area contributed by atoms with Crippen molar-refractivity contribution in [3.8, 4) is 5.75 Å². The van der Waals surface area contributed by atoms with Crippen molar-refractivity contribution in [3.05, 3.63) is 36.4 Å². The monoisotopic (exact) mass is 262 g/mol. The van der Waals surface area contributed by atoms with E-state index in [-0.39, 0.29) is 12.5 Å². The van der Waals surface area contributed by atoms with Gasteiger partial charge in [-0.15, -0.1) is 6.58 Å². The van der Waals surface area contributed by atoms with Crippen LogP contribution in [0.3, 0.4) is 0 Å². The number of hydrogen-bond acceptors (Lipinski definition) is 3. The van der Waals surface area contributed by atoms with Gasteiger partial charge in [-0.3, -0.25) is 4.79 Å². The van der Waals surface area contributed by atoms with Gasteiger partial charge < -0.3 is 15.4 Å². The van der Waals surface area contributed by atoms with Gasteiger partial charge in [0.25, 0.3) is 0 Å². The van der Waals surface area contributed by atoms with Gasteiger partial charge in [-0.2, -0.15) is 0 Å². The lowest BCUT2D eigenvalue weighted by Gasteiger charge is -2.13. The van der Waals surface area contributed by atoms with Crippen molar-refractivity contribution in [1.29, 1.82) is 0 Å². The molecule has 0 unspecified atom stereocenters. The summed E-state index contributed by atoms with van der Waals surface area (Å²) in [7, 11) is 0. The topological polar surface area (TPSA) is 50.4 Å². The third-order valence-electron chi connectivity index (χ3n) is 2.45. The molecule has 0 fully saturated rings. The molecular weight excluding hydrogens is 240 g/mol. The minimum atomic E-state index is -0.0907. The van der Waals surface area contributed by atoms with E-state index in [0.717, 1.165) is 17.7 Å². The van der Waals surface area contributed by atoms with Crippen LogP contribution in [0.1, 0.15) is 18.9 Å². The Hall–Kier alpha value is -1.81. The highest BCUT2D eigenvalue weighted by molar-refractivity contribution is 5.93. The summed E-state index contributed by atoms with van der Waals surface area (Å²) in [5.41, 5.74) is 1.82. The summed E-state index contributed by atoms with van der Waals surface area (Å²) in [6, 6.07) is 5.75. The van der Waals surface area contributed by atoms with Gasteiger partial charge in [-0.25, -0.2) is 0 Å². The zero-order valence-corrected chi connectivity index (χ0v) is 11.7. The summed E-state index contributed by atoms with van der Waals surface area (Å²) in [6.45, 7) is 9.14. The van der Waals surface area contributed by atoms with Crippen molar-refractivity contribution in [2.24, 2.45) is 0 Å². The summed E-state index contributed by atoms with van der Waals surface area (Å²) < 4.78 is 5.64. The molecule has 0 aliphatic carbocycles. The van der Waals surface area contributed by atoms with Gasteiger partial charge in [0, 0.05) is 6.54 Å². The van der Waals surface area contributed by atoms with Crippen LogP contribution in [0, 0.1) is 6.92 Å². The number of benzene rings is 1. The van der Waals surface area contributed by atoms with Gasteiger partial charge in [0.1, 0.15) is 5.75 Å². The van der Waals surface area contributed by atoms with E-state index >= 15 is 0 Å². The number of carbonyl (C=O) groups excluding carboxylic acids is 1. The Morgan fingerprint density at radius 3 is 2.95 bits per heavy atom. The molecule has 0 bridgehead atoms. The second-order valence-electron chi connectivity index (χ2n) is 4.32. The smallest absolute Gasteiger partial charge is 0.238 e. The first kappa shape index (κ1) is 15.2. The zero-order valence-electron chi connectivity index (χ0n) is 11.7. The van der Waals surface area contributed by atoms with E-state index in [1.165, 1.54) is 0 Å². The Morgan fingerprint density at radius 1 is 1.47 bits per heavy atom. The van der Waals surface area contributed by atoms with Crippen molar-refractivity contribution in [2.75, 3.05) is 25.0 Å². The van der Waals surface area contributed by atoms with Crippen LogP contribution in [0.4, 0.5) is 5.69 Å². The van der Waals surface area contributed by atoms with Crippen molar-refractivity contribution in [3.63, 3.8) is 0 Å². The lowest BCUT2D eigenvalue weighted by molar-refractivity contribution is -0.115. The Balaban J connectivity index is 2.65. The number of nitrogens with one attached hydrogen (secondary N) is 2. The second kappa shape index (κ2) is 8.32. The first-order chi connectivity index (χ1) is 9.17. The molecule has 0 aliphatic heterocycles. The molecule has 1 aromatic rings. The van der Waals surface area contributed by atoms with Gasteiger partial charge >= 0.3 is 0 Å². The maximum Gasteiger partial charge on any atom is 0.238 e. The fourth-order valence-electron chi connectivity index (χ4n) is 1.55. The van der Waals surface area contributed by atoms with Gasteiger partial charge in [-0.1, -0.05) is 19.1 Å². The van der Waals surface area contributed by atoms with Crippen molar-refractivity contribution >= 4 is 11.6 Å². The minimum Gasteiger partial charge on any atom is -0.491 e. The van der Waals surface area contributed by atoms with Crippen LogP contribution in [0.15, 0.2) is 30.9 Å². The Kier molecular flexibility index (Phi) is 6.68. The van der Waals surface area contributed by atoms with Gasteiger partial charge in [0.05, 0.1) is 18.8 Å². The number of ether oxygens (including phenoxy) is 1. The summed E-state index contributed by atoms with van der Waals surface area (Å²) in [5.74, 6) is 0.631. The molecule has 104 valence electrons. The SMILES string of the molecule is C=CCNCC(=O)Nc1ccc(C)cc1OCCC. The molecule has 0 atom stereocenters. The number of anilines is 1. The van der Waals surface area contributed by atoms with Crippen LogP contribution in [-0.2, 0) is 4.79 Å². The first-order valence-electron chi connectivity index (χ1n) is 6.52. The van der Waals surface area contributed by atoms with Crippen LogP contribution in [-0.4, -0.2) is 25.6 Å². The fraction of sp³-hybridized carbons (Fsp3) is 0.400. The molecule has 1 amide bonds. The van der Waals surface area contributed by atoms with Crippen LogP contribution >= 0.6 is 0 Å². The van der Waals surface area contributed by atoms with E-state index in [1.54, 1.807) is 6.08 Å². The van der Waals surface area contributed by atoms with E-state index in [1.807, 2.05) is 32.0 Å². The van der Waals surface area contributed by atoms with Crippen molar-refractivity contribution in [1.82, 2.24) is 5.32 Å². The van der Waals surface area contributed by atoms with Gasteiger partial charge in [0.2, 0.25) is 5.91 Å². The molecule has 19 heavy (non-hydrogen) atoms. The molecule has 4 heteroatoms. The maximum absolute atomic E-state index is 11.7. The summed E-state index contributed by atoms with van der Waals surface area (Å²) in [5, 5.41) is 5.80. The van der Waals surface area contributed by atoms with Crippen LogP contribution in [0.2, 0.25) is 0 Å². The molecule has 0 aromatic heterocycles. The Labute approximate surface area is 114 Å². The number of aryl methyl sites for hydroxylation is 1. The van der Waals surface area contributed by atoms with E-state index in [9.17, 15) is 4.79 Å². The van der Waals surface area contributed by atoms with E-state index in [4.69, 9.17) is 4.74 Å². The van der Waals surface area contributed by atoms with Gasteiger partial charge in [0.15, 0.2) is 0 Å². The second-order valence-corrected chi connectivity index (χ2v) is 4.32. The van der Waals surface area contributed by atoms with E-state index in [0.29, 0.717) is 18.8 Å². The lowest BCUT2D eigenvalue weighted by Crippen LogP contribution is -2.28. The fourth-order valence-corrected chi connectivity index (χ4v) is 1.55. The van der Waals surface area contributed by atoms with E-state index in [2.05, 4.69) is 17.2 Å². The number of carbonyl (C=O) groups is 1. The highest BCUT2D eigenvalue weighted by atomic mass is 16.5.